The number of carbonyl (C=O) groups excluding carboxylic acids is 1. The van der Waals surface area contributed by atoms with Crippen LogP contribution in [0.4, 0.5) is 4.39 Å². The summed E-state index contributed by atoms with van der Waals surface area (Å²) in [5.41, 5.74) is 2.92. The van der Waals surface area contributed by atoms with Crippen molar-refractivity contribution in [1.82, 2.24) is 4.57 Å². The fraction of sp³-hybridized carbons (Fsp3) is 0.550. The molecule has 0 unspecified atom stereocenters. The number of ether oxygens (including phenoxy) is 1. The number of carbonyl (C=O) groups is 1. The van der Waals surface area contributed by atoms with Gasteiger partial charge < -0.3 is 9.30 Å². The zero-order chi connectivity index (χ0) is 18.1. The Morgan fingerprint density at radius 3 is 2.46 bits per heavy atom. The van der Waals surface area contributed by atoms with Crippen LogP contribution in [0.1, 0.15) is 60.9 Å². The van der Waals surface area contributed by atoms with Gasteiger partial charge >= 0.3 is 5.97 Å². The van der Waals surface area contributed by atoms with Crippen molar-refractivity contribution in [3.05, 3.63) is 38.6 Å². The zero-order valence-electron chi connectivity index (χ0n) is 14.7. The Bertz CT molecular complexity index is 784. The lowest BCUT2D eigenvalue weighted by atomic mass is 9.96. The van der Waals surface area contributed by atoms with Gasteiger partial charge in [0.2, 0.25) is 5.13 Å². The molecule has 4 rings (SSSR count). The highest BCUT2D eigenvalue weighted by Crippen LogP contribution is 2.37. The minimum absolute atomic E-state index is 0.00970. The Balaban J connectivity index is 1.51. The van der Waals surface area contributed by atoms with E-state index in [0.717, 1.165) is 49.9 Å². The van der Waals surface area contributed by atoms with E-state index in [1.807, 2.05) is 12.4 Å². The van der Waals surface area contributed by atoms with Crippen molar-refractivity contribution < 1.29 is 13.9 Å². The van der Waals surface area contributed by atoms with Crippen molar-refractivity contribution in [1.29, 1.82) is 0 Å². The molecule has 0 bridgehead atoms. The minimum atomic E-state index is -0.345. The van der Waals surface area contributed by atoms with Crippen LogP contribution < -0.4 is 0 Å². The van der Waals surface area contributed by atoms with E-state index in [2.05, 4.69) is 0 Å². The Morgan fingerprint density at radius 2 is 1.81 bits per heavy atom. The Morgan fingerprint density at radius 1 is 1.15 bits per heavy atom. The Kier molecular flexibility index (Phi) is 5.37. The van der Waals surface area contributed by atoms with Crippen molar-refractivity contribution >= 4 is 28.9 Å². The summed E-state index contributed by atoms with van der Waals surface area (Å²) in [6.07, 6.45) is 13.7. The third-order valence-corrected chi connectivity index (χ3v) is 6.90. The topological polar surface area (TPSA) is 31.2 Å². The van der Waals surface area contributed by atoms with Gasteiger partial charge in [0.05, 0.1) is 11.4 Å². The first-order valence-corrected chi connectivity index (χ1v) is 10.7. The predicted molar refractivity (Wildman–Crippen MR) is 102 cm³/mol. The SMILES string of the molecule is O=C(Cc1sc(F)c(-n2cc3c(c2)CCCC3)c1Cl)OC1CCCCC1. The highest BCUT2D eigenvalue weighted by Gasteiger charge is 2.24. The van der Waals surface area contributed by atoms with Crippen molar-refractivity contribution in [2.24, 2.45) is 0 Å². The lowest BCUT2D eigenvalue weighted by Crippen LogP contribution is -2.21. The number of hydrogen-bond donors (Lipinski definition) is 0. The van der Waals surface area contributed by atoms with Crippen LogP contribution in [0.3, 0.4) is 0 Å². The summed E-state index contributed by atoms with van der Waals surface area (Å²) in [7, 11) is 0. The van der Waals surface area contributed by atoms with E-state index < -0.39 is 0 Å². The number of hydrogen-bond acceptors (Lipinski definition) is 3. The zero-order valence-corrected chi connectivity index (χ0v) is 16.3. The molecule has 2 aromatic heterocycles. The molecule has 2 aliphatic rings. The maximum absolute atomic E-state index is 14.6. The lowest BCUT2D eigenvalue weighted by Gasteiger charge is -2.21. The number of esters is 1. The molecule has 26 heavy (non-hydrogen) atoms. The highest BCUT2D eigenvalue weighted by molar-refractivity contribution is 7.11. The first-order valence-electron chi connectivity index (χ1n) is 9.48. The molecule has 0 N–H and O–H groups in total. The highest BCUT2D eigenvalue weighted by atomic mass is 35.5. The quantitative estimate of drug-likeness (QED) is 0.628. The lowest BCUT2D eigenvalue weighted by molar-refractivity contribution is -0.149. The summed E-state index contributed by atoms with van der Waals surface area (Å²) in [5.74, 6) is -0.307. The van der Waals surface area contributed by atoms with E-state index in [9.17, 15) is 9.18 Å². The maximum Gasteiger partial charge on any atom is 0.311 e. The van der Waals surface area contributed by atoms with E-state index in [0.29, 0.717) is 15.6 Å². The van der Waals surface area contributed by atoms with Gasteiger partial charge in [0.1, 0.15) is 11.8 Å². The fourth-order valence-electron chi connectivity index (χ4n) is 4.04. The normalized spacial score (nSPS) is 17.9. The van der Waals surface area contributed by atoms with Crippen LogP contribution in [0.2, 0.25) is 5.02 Å². The molecule has 2 heterocycles. The molecule has 0 atom stereocenters. The molecule has 3 nitrogen and oxygen atoms in total. The van der Waals surface area contributed by atoms with Crippen molar-refractivity contribution in [3.63, 3.8) is 0 Å². The van der Waals surface area contributed by atoms with Gasteiger partial charge in [0, 0.05) is 17.3 Å². The second-order valence-corrected chi connectivity index (χ2v) is 8.74. The summed E-state index contributed by atoms with van der Waals surface area (Å²) in [6.45, 7) is 0. The summed E-state index contributed by atoms with van der Waals surface area (Å²) in [5, 5.41) is -0.0109. The smallest absolute Gasteiger partial charge is 0.311 e. The summed E-state index contributed by atoms with van der Waals surface area (Å²) >= 11 is 7.41. The van der Waals surface area contributed by atoms with Crippen LogP contribution in [-0.2, 0) is 28.8 Å². The van der Waals surface area contributed by atoms with Crippen molar-refractivity contribution in [2.75, 3.05) is 0 Å². The fourth-order valence-corrected chi connectivity index (χ4v) is 5.35. The molecular formula is C20H23ClFNO2S. The van der Waals surface area contributed by atoms with Crippen molar-refractivity contribution in [3.8, 4) is 5.69 Å². The van der Waals surface area contributed by atoms with Gasteiger partial charge in [-0.3, -0.25) is 4.79 Å². The van der Waals surface area contributed by atoms with Crippen molar-refractivity contribution in [2.45, 2.75) is 70.3 Å². The van der Waals surface area contributed by atoms with Crippen LogP contribution in [0.15, 0.2) is 12.4 Å². The molecule has 1 fully saturated rings. The van der Waals surface area contributed by atoms with Gasteiger partial charge in [-0.15, -0.1) is 11.3 Å². The van der Waals surface area contributed by atoms with Gasteiger partial charge in [-0.2, -0.15) is 4.39 Å². The average Bonchev–Trinajstić information content (AvgIpc) is 3.16. The molecule has 0 amide bonds. The van der Waals surface area contributed by atoms with E-state index in [4.69, 9.17) is 16.3 Å². The van der Waals surface area contributed by atoms with Gasteiger partial charge in [0.15, 0.2) is 0 Å². The summed E-state index contributed by atoms with van der Waals surface area (Å²) in [4.78, 5) is 12.8. The van der Waals surface area contributed by atoms with E-state index in [-0.39, 0.29) is 23.6 Å². The van der Waals surface area contributed by atoms with Gasteiger partial charge in [-0.05, 0) is 62.5 Å². The number of fused-ring (bicyclic) bond motifs is 1. The van der Waals surface area contributed by atoms with Crippen LogP contribution in [0.5, 0.6) is 0 Å². The predicted octanol–water partition coefficient (Wildman–Crippen LogP) is 5.63. The molecule has 0 radical (unpaired) electrons. The monoisotopic (exact) mass is 395 g/mol. The molecule has 2 aliphatic carbocycles. The number of rotatable bonds is 4. The number of thiophene rings is 1. The molecule has 6 heteroatoms. The van der Waals surface area contributed by atoms with Crippen LogP contribution in [0.25, 0.3) is 5.69 Å². The first kappa shape index (κ1) is 18.1. The molecule has 0 aliphatic heterocycles. The van der Waals surface area contributed by atoms with Gasteiger partial charge in [-0.1, -0.05) is 18.0 Å². The molecule has 140 valence electrons. The van der Waals surface area contributed by atoms with Crippen LogP contribution >= 0.6 is 22.9 Å². The molecule has 0 spiro atoms. The number of aromatic nitrogens is 1. The minimum Gasteiger partial charge on any atom is -0.462 e. The maximum atomic E-state index is 14.6. The molecule has 1 saturated carbocycles. The standard InChI is InChI=1S/C20H23ClFNO2S/c21-18-16(10-17(24)25-15-8-2-1-3-9-15)26-20(22)19(18)23-11-13-6-4-5-7-14(13)12-23/h11-12,15H,1-10H2. The molecular weight excluding hydrogens is 373 g/mol. The van der Waals surface area contributed by atoms with E-state index >= 15 is 0 Å². The first-order chi connectivity index (χ1) is 12.6. The largest absolute Gasteiger partial charge is 0.462 e. The number of aryl methyl sites for hydroxylation is 2. The van der Waals surface area contributed by atoms with E-state index in [1.54, 1.807) is 4.57 Å². The second-order valence-electron chi connectivity index (χ2n) is 7.31. The third kappa shape index (κ3) is 3.70. The molecule has 0 aromatic carbocycles. The number of halogens is 2. The van der Waals surface area contributed by atoms with E-state index in [1.165, 1.54) is 30.4 Å². The molecule has 2 aromatic rings. The summed E-state index contributed by atoms with van der Waals surface area (Å²) in [6, 6.07) is 0. The second kappa shape index (κ2) is 7.73. The van der Waals surface area contributed by atoms with Crippen LogP contribution in [0, 0.1) is 5.13 Å². The third-order valence-electron chi connectivity index (χ3n) is 5.41. The summed E-state index contributed by atoms with van der Waals surface area (Å²) < 4.78 is 21.9. The van der Waals surface area contributed by atoms with Gasteiger partial charge in [0.25, 0.3) is 0 Å². The Labute approximate surface area is 162 Å². The average molecular weight is 396 g/mol. The molecule has 0 saturated heterocycles. The van der Waals surface area contributed by atoms with Crippen LogP contribution in [-0.4, -0.2) is 16.6 Å². The Hall–Kier alpha value is -1.33. The van der Waals surface area contributed by atoms with Gasteiger partial charge in [-0.25, -0.2) is 0 Å². The number of nitrogens with zero attached hydrogens (tertiary/aromatic N) is 1.